The minimum absolute atomic E-state index is 0.0865. The molecule has 0 radical (unpaired) electrons. The average Bonchev–Trinajstić information content (AvgIpc) is 2.46. The van der Waals surface area contributed by atoms with Crippen LogP contribution < -0.4 is 0 Å². The van der Waals surface area contributed by atoms with Crippen molar-refractivity contribution in [3.8, 4) is 0 Å². The monoisotopic (exact) mass is 319 g/mol. The number of ether oxygens (including phenoxy) is 1. The number of rotatable bonds is 3. The number of hydrogen-bond acceptors (Lipinski definition) is 8. The Labute approximate surface area is 123 Å². The van der Waals surface area contributed by atoms with Crippen molar-refractivity contribution in [3.63, 3.8) is 0 Å². The standard InChI is InChI=1S/C11H13NO6S2/c13-8-5-18-11(20-19,10(15)9(8)14)6-3-1-2-4-7(6)12(16)17/h1-4,8-10,13-15,19H,5H2/t8-,9-,10+,11-/m1/s1. The molecule has 20 heavy (non-hydrogen) atoms. The second-order valence-corrected chi connectivity index (χ2v) is 5.68. The Morgan fingerprint density at radius 1 is 1.40 bits per heavy atom. The maximum atomic E-state index is 11.1. The molecular formula is C11H13NO6S2. The maximum Gasteiger partial charge on any atom is 0.276 e. The molecule has 0 amide bonds. The molecule has 1 saturated heterocycles. The summed E-state index contributed by atoms with van der Waals surface area (Å²) < 4.78 is 5.41. The van der Waals surface area contributed by atoms with Gasteiger partial charge >= 0.3 is 0 Å². The van der Waals surface area contributed by atoms with Crippen molar-refractivity contribution < 1.29 is 25.0 Å². The summed E-state index contributed by atoms with van der Waals surface area (Å²) in [7, 11) is 0.738. The maximum absolute atomic E-state index is 11.1. The lowest BCUT2D eigenvalue weighted by molar-refractivity contribution is -0.387. The topological polar surface area (TPSA) is 113 Å². The molecule has 1 heterocycles. The zero-order valence-corrected chi connectivity index (χ0v) is 11.8. The number of thiol groups is 1. The first kappa shape index (κ1) is 15.5. The summed E-state index contributed by atoms with van der Waals surface area (Å²) in [5.74, 6) is 0. The summed E-state index contributed by atoms with van der Waals surface area (Å²) in [4.78, 5) is 8.88. The summed E-state index contributed by atoms with van der Waals surface area (Å²) in [6.07, 6.45) is -4.31. The summed E-state index contributed by atoms with van der Waals surface area (Å²) in [6, 6.07) is 5.74. The van der Waals surface area contributed by atoms with E-state index in [2.05, 4.69) is 11.7 Å². The van der Waals surface area contributed by atoms with Crippen LogP contribution in [0.25, 0.3) is 0 Å². The van der Waals surface area contributed by atoms with Gasteiger partial charge in [-0.15, -0.1) is 11.7 Å². The molecule has 7 nitrogen and oxygen atoms in total. The lowest BCUT2D eigenvalue weighted by atomic mass is 9.93. The van der Waals surface area contributed by atoms with Gasteiger partial charge in [0.25, 0.3) is 5.69 Å². The average molecular weight is 319 g/mol. The Morgan fingerprint density at radius 3 is 2.65 bits per heavy atom. The molecule has 110 valence electrons. The predicted molar refractivity (Wildman–Crippen MR) is 75.3 cm³/mol. The SMILES string of the molecule is O=[N+]([O-])c1ccccc1[C@]1(SS)OC[C@@H](O)[C@@H](O)[C@@H]1O. The molecule has 1 aliphatic rings. The molecule has 0 saturated carbocycles. The summed E-state index contributed by atoms with van der Waals surface area (Å²) in [5, 5.41) is 40.6. The second kappa shape index (κ2) is 5.88. The molecule has 0 aliphatic carbocycles. The van der Waals surface area contributed by atoms with Crippen LogP contribution in [0.5, 0.6) is 0 Å². The van der Waals surface area contributed by atoms with Gasteiger partial charge in [0.05, 0.1) is 17.1 Å². The van der Waals surface area contributed by atoms with Crippen LogP contribution in [0.1, 0.15) is 5.56 Å². The van der Waals surface area contributed by atoms with E-state index < -0.39 is 28.2 Å². The van der Waals surface area contributed by atoms with E-state index in [4.69, 9.17) is 4.74 Å². The highest BCUT2D eigenvalue weighted by Crippen LogP contribution is 2.49. The quantitative estimate of drug-likeness (QED) is 0.277. The van der Waals surface area contributed by atoms with Crippen molar-refractivity contribution in [1.82, 2.24) is 0 Å². The fourth-order valence-corrected chi connectivity index (χ4v) is 3.54. The molecule has 1 fully saturated rings. The van der Waals surface area contributed by atoms with Gasteiger partial charge in [-0.1, -0.05) is 22.9 Å². The van der Waals surface area contributed by atoms with Crippen molar-refractivity contribution in [1.29, 1.82) is 0 Å². The molecule has 4 atom stereocenters. The van der Waals surface area contributed by atoms with Gasteiger partial charge in [0.15, 0.2) is 4.93 Å². The van der Waals surface area contributed by atoms with Gasteiger partial charge < -0.3 is 20.1 Å². The molecule has 2 rings (SSSR count). The number of hydrogen-bond donors (Lipinski definition) is 4. The van der Waals surface area contributed by atoms with Crippen molar-refractivity contribution >= 4 is 28.1 Å². The fraction of sp³-hybridized carbons (Fsp3) is 0.455. The Hall–Kier alpha value is -0.840. The fourth-order valence-electron chi connectivity index (χ4n) is 2.12. The largest absolute Gasteiger partial charge is 0.388 e. The highest BCUT2D eigenvalue weighted by molar-refractivity contribution is 8.68. The molecule has 9 heteroatoms. The van der Waals surface area contributed by atoms with Crippen LogP contribution >= 0.6 is 22.5 Å². The molecule has 1 aromatic carbocycles. The van der Waals surface area contributed by atoms with Gasteiger partial charge in [0.1, 0.15) is 18.3 Å². The van der Waals surface area contributed by atoms with E-state index in [1.165, 1.54) is 18.2 Å². The molecule has 0 spiro atoms. The zero-order chi connectivity index (χ0) is 14.9. The van der Waals surface area contributed by atoms with Crippen molar-refractivity contribution in [3.05, 3.63) is 39.9 Å². The van der Waals surface area contributed by atoms with E-state index in [1.807, 2.05) is 0 Å². The van der Waals surface area contributed by atoms with Crippen LogP contribution in [0.2, 0.25) is 0 Å². The Balaban J connectivity index is 2.54. The van der Waals surface area contributed by atoms with Crippen LogP contribution in [0.4, 0.5) is 5.69 Å². The Bertz CT molecular complexity index is 515. The molecule has 1 aromatic rings. The van der Waals surface area contributed by atoms with Crippen molar-refractivity contribution in [2.75, 3.05) is 6.61 Å². The van der Waals surface area contributed by atoms with E-state index in [0.717, 1.165) is 10.8 Å². The lowest BCUT2D eigenvalue weighted by Gasteiger charge is -2.43. The third kappa shape index (κ3) is 2.41. The summed E-state index contributed by atoms with van der Waals surface area (Å²) in [6.45, 7) is -0.266. The minimum Gasteiger partial charge on any atom is -0.388 e. The van der Waals surface area contributed by atoms with Crippen molar-refractivity contribution in [2.45, 2.75) is 23.2 Å². The van der Waals surface area contributed by atoms with E-state index in [9.17, 15) is 25.4 Å². The van der Waals surface area contributed by atoms with E-state index in [1.54, 1.807) is 6.07 Å². The van der Waals surface area contributed by atoms with E-state index >= 15 is 0 Å². The molecule has 0 bridgehead atoms. The summed E-state index contributed by atoms with van der Waals surface area (Å²) in [5.41, 5.74) is -0.167. The number of benzene rings is 1. The van der Waals surface area contributed by atoms with Gasteiger partial charge in [0, 0.05) is 6.07 Å². The van der Waals surface area contributed by atoms with Crippen LogP contribution in [0.3, 0.4) is 0 Å². The van der Waals surface area contributed by atoms with Crippen LogP contribution in [0, 0.1) is 10.1 Å². The van der Waals surface area contributed by atoms with Gasteiger partial charge in [-0.05, 0) is 6.07 Å². The first-order valence-electron chi connectivity index (χ1n) is 5.68. The van der Waals surface area contributed by atoms with Gasteiger partial charge in [-0.25, -0.2) is 0 Å². The first-order chi connectivity index (χ1) is 9.44. The molecule has 0 unspecified atom stereocenters. The van der Waals surface area contributed by atoms with E-state index in [0.29, 0.717) is 0 Å². The van der Waals surface area contributed by atoms with Crippen LogP contribution in [-0.2, 0) is 9.67 Å². The summed E-state index contributed by atoms with van der Waals surface area (Å²) >= 11 is 4.02. The number of nitrogens with zero attached hydrogens (tertiary/aromatic N) is 1. The van der Waals surface area contributed by atoms with Gasteiger partial charge in [0.2, 0.25) is 0 Å². The van der Waals surface area contributed by atoms with Gasteiger partial charge in [-0.2, -0.15) is 0 Å². The number of nitro benzene ring substituents is 1. The highest BCUT2D eigenvalue weighted by Gasteiger charge is 2.53. The molecule has 3 N–H and O–H groups in total. The number of aliphatic hydroxyl groups is 3. The molecule has 1 aliphatic heterocycles. The normalized spacial score (nSPS) is 33.9. The molecule has 0 aromatic heterocycles. The molecular weight excluding hydrogens is 306 g/mol. The van der Waals surface area contributed by atoms with Gasteiger partial charge in [-0.3, -0.25) is 10.1 Å². The third-order valence-electron chi connectivity index (χ3n) is 3.19. The minimum atomic E-state index is -1.62. The van der Waals surface area contributed by atoms with Crippen LogP contribution in [0.15, 0.2) is 24.3 Å². The Morgan fingerprint density at radius 2 is 2.05 bits per heavy atom. The Kier molecular flexibility index (Phi) is 4.57. The number of para-hydroxylation sites is 1. The zero-order valence-electron chi connectivity index (χ0n) is 10.1. The number of nitro groups is 1. The highest BCUT2D eigenvalue weighted by atomic mass is 33.1. The predicted octanol–water partition coefficient (Wildman–Crippen LogP) is 0.438. The number of aliphatic hydroxyl groups excluding tert-OH is 3. The third-order valence-corrected chi connectivity index (χ3v) is 4.85. The smallest absolute Gasteiger partial charge is 0.276 e. The van der Waals surface area contributed by atoms with Crippen LogP contribution in [-0.4, -0.2) is 45.2 Å². The lowest BCUT2D eigenvalue weighted by Crippen LogP contribution is -2.57. The first-order valence-corrected chi connectivity index (χ1v) is 7.55. The van der Waals surface area contributed by atoms with E-state index in [-0.39, 0.29) is 17.9 Å². The van der Waals surface area contributed by atoms with Crippen molar-refractivity contribution in [2.24, 2.45) is 0 Å². The second-order valence-electron chi connectivity index (χ2n) is 4.35.